The van der Waals surface area contributed by atoms with Crippen molar-refractivity contribution in [3.05, 3.63) is 23.3 Å². The summed E-state index contributed by atoms with van der Waals surface area (Å²) in [6.45, 7) is 3.60. The highest BCUT2D eigenvalue weighted by Crippen LogP contribution is 2.33. The minimum absolute atomic E-state index is 0.0263. The molecule has 0 fully saturated rings. The molecule has 1 heterocycles. The Morgan fingerprint density at radius 2 is 2.11 bits per heavy atom. The Hall–Kier alpha value is -1.54. The fraction of sp³-hybridized carbons (Fsp3) is 0.273. The smallest absolute Gasteiger partial charge is 0.287 e. The molecule has 19 heavy (non-hydrogen) atoms. The minimum Gasteiger partial charge on any atom is -0.369 e. The number of nitrogens with two attached hydrogens (primary N) is 1. The van der Waals surface area contributed by atoms with Gasteiger partial charge in [0.25, 0.3) is 10.0 Å². The highest BCUT2D eigenvalue weighted by atomic mass is 32.2. The van der Waals surface area contributed by atoms with Crippen LogP contribution in [-0.4, -0.2) is 25.2 Å². The molecule has 1 aromatic rings. The topological polar surface area (TPSA) is 102 Å². The number of hydrogen-bond acceptors (Lipinski definition) is 5. The van der Waals surface area contributed by atoms with Gasteiger partial charge in [0.15, 0.2) is 5.17 Å². The summed E-state index contributed by atoms with van der Waals surface area (Å²) in [5.74, 6) is -0.556. The Morgan fingerprint density at radius 1 is 1.42 bits per heavy atom. The number of rotatable bonds is 2. The predicted octanol–water partition coefficient (Wildman–Crippen LogP) is 0.992. The third-order valence-electron chi connectivity index (χ3n) is 2.47. The molecule has 0 radical (unpaired) electrons. The van der Waals surface area contributed by atoms with Gasteiger partial charge in [-0.2, -0.15) is 8.42 Å². The van der Waals surface area contributed by atoms with Gasteiger partial charge in [0, 0.05) is 0 Å². The number of benzene rings is 1. The molecule has 0 saturated heterocycles. The van der Waals surface area contributed by atoms with Crippen LogP contribution in [0.5, 0.6) is 0 Å². The zero-order valence-electron chi connectivity index (χ0n) is 10.4. The van der Waals surface area contributed by atoms with Crippen LogP contribution in [0.2, 0.25) is 0 Å². The minimum atomic E-state index is -3.73. The number of fused-ring (bicyclic) bond motifs is 1. The highest BCUT2D eigenvalue weighted by Gasteiger charge is 2.27. The van der Waals surface area contributed by atoms with E-state index < -0.39 is 15.9 Å². The molecule has 1 aromatic carbocycles. The second-order valence-corrected chi connectivity index (χ2v) is 6.72. The molecule has 8 heteroatoms. The van der Waals surface area contributed by atoms with Crippen molar-refractivity contribution in [3.8, 4) is 0 Å². The van der Waals surface area contributed by atoms with Gasteiger partial charge in [-0.25, -0.2) is 0 Å². The van der Waals surface area contributed by atoms with Crippen LogP contribution in [0.4, 0.5) is 5.69 Å². The number of anilines is 1. The van der Waals surface area contributed by atoms with E-state index in [0.29, 0.717) is 11.3 Å². The zero-order chi connectivity index (χ0) is 14.2. The molecular weight excluding hydrogens is 286 g/mol. The van der Waals surface area contributed by atoms with Crippen molar-refractivity contribution in [1.82, 2.24) is 0 Å². The monoisotopic (exact) mass is 299 g/mol. The normalized spacial score (nSPS) is 16.2. The maximum absolute atomic E-state index is 12.1. The van der Waals surface area contributed by atoms with Gasteiger partial charge in [-0.1, -0.05) is 17.8 Å². The molecule has 1 aliphatic heterocycles. The SMILES string of the molecule is Cc1cc(C)c2c(c1)NC(SCC(N)=O)=NS2(=O)=O. The number of nitrogens with zero attached hydrogens (tertiary/aromatic N) is 1. The number of amides is 1. The lowest BCUT2D eigenvalue weighted by Gasteiger charge is -2.19. The number of amidine groups is 1. The first-order chi connectivity index (χ1) is 8.79. The van der Waals surface area contributed by atoms with Crippen molar-refractivity contribution < 1.29 is 13.2 Å². The van der Waals surface area contributed by atoms with E-state index in [2.05, 4.69) is 9.71 Å². The number of nitrogens with one attached hydrogen (secondary N) is 1. The summed E-state index contributed by atoms with van der Waals surface area (Å²) in [6, 6.07) is 3.52. The van der Waals surface area contributed by atoms with E-state index in [1.807, 2.05) is 6.92 Å². The Labute approximate surface area is 115 Å². The Bertz CT molecular complexity index is 681. The Balaban J connectivity index is 2.44. The quantitative estimate of drug-likeness (QED) is 0.848. The second kappa shape index (κ2) is 4.86. The van der Waals surface area contributed by atoms with Crippen LogP contribution in [-0.2, 0) is 14.8 Å². The van der Waals surface area contributed by atoms with Gasteiger partial charge in [-0.05, 0) is 31.0 Å². The molecule has 2 rings (SSSR count). The van der Waals surface area contributed by atoms with Crippen molar-refractivity contribution in [3.63, 3.8) is 0 Å². The van der Waals surface area contributed by atoms with Gasteiger partial charge in [-0.3, -0.25) is 4.79 Å². The number of aryl methyl sites for hydroxylation is 2. The first-order valence-corrected chi connectivity index (χ1v) is 7.86. The lowest BCUT2D eigenvalue weighted by molar-refractivity contribution is -0.115. The van der Waals surface area contributed by atoms with E-state index in [1.54, 1.807) is 19.1 Å². The second-order valence-electron chi connectivity index (χ2n) is 4.21. The van der Waals surface area contributed by atoms with E-state index in [1.165, 1.54) is 0 Å². The van der Waals surface area contributed by atoms with Crippen LogP contribution in [0.3, 0.4) is 0 Å². The number of hydrogen-bond donors (Lipinski definition) is 2. The van der Waals surface area contributed by atoms with Crippen LogP contribution >= 0.6 is 11.8 Å². The van der Waals surface area contributed by atoms with Crippen molar-refractivity contribution in [1.29, 1.82) is 0 Å². The van der Waals surface area contributed by atoms with Gasteiger partial charge in [-0.15, -0.1) is 4.40 Å². The van der Waals surface area contributed by atoms with Crippen LogP contribution in [0, 0.1) is 13.8 Å². The molecule has 0 aliphatic carbocycles. The van der Waals surface area contributed by atoms with Gasteiger partial charge in [0.1, 0.15) is 4.90 Å². The summed E-state index contributed by atoms with van der Waals surface area (Å²) >= 11 is 0.968. The maximum Gasteiger partial charge on any atom is 0.287 e. The summed E-state index contributed by atoms with van der Waals surface area (Å²) in [7, 11) is -3.73. The van der Waals surface area contributed by atoms with Crippen molar-refractivity contribution >= 4 is 38.5 Å². The number of carbonyl (C=O) groups excluding carboxylic acids is 1. The summed E-state index contributed by atoms with van der Waals surface area (Å²) in [4.78, 5) is 10.9. The molecule has 0 atom stereocenters. The first-order valence-electron chi connectivity index (χ1n) is 5.44. The van der Waals surface area contributed by atoms with Gasteiger partial charge in [0.05, 0.1) is 11.4 Å². The third-order valence-corrected chi connectivity index (χ3v) is 4.96. The lowest BCUT2D eigenvalue weighted by Crippen LogP contribution is -2.23. The predicted molar refractivity (Wildman–Crippen MR) is 75.8 cm³/mol. The van der Waals surface area contributed by atoms with Crippen molar-refractivity contribution in [2.45, 2.75) is 18.7 Å². The standard InChI is InChI=1S/C11H13N3O3S2/c1-6-3-7(2)10-8(4-6)13-11(14-19(10,16)17)18-5-9(12)15/h3-4H,5H2,1-2H3,(H2,12,15)(H,13,14). The first kappa shape index (κ1) is 13.9. The molecule has 0 spiro atoms. The zero-order valence-corrected chi connectivity index (χ0v) is 12.1. The molecule has 1 aliphatic rings. The van der Waals surface area contributed by atoms with Crippen LogP contribution in [0.15, 0.2) is 21.4 Å². The molecule has 6 nitrogen and oxygen atoms in total. The molecule has 1 amide bonds. The summed E-state index contributed by atoms with van der Waals surface area (Å²) < 4.78 is 27.9. The fourth-order valence-corrected chi connectivity index (χ4v) is 4.06. The fourth-order valence-electron chi connectivity index (χ4n) is 1.88. The molecule has 102 valence electrons. The molecule has 3 N–H and O–H groups in total. The molecule has 0 unspecified atom stereocenters. The molecule has 0 bridgehead atoms. The van der Waals surface area contributed by atoms with Crippen molar-refractivity contribution in [2.24, 2.45) is 10.1 Å². The van der Waals surface area contributed by atoms with Crippen LogP contribution < -0.4 is 11.1 Å². The average molecular weight is 299 g/mol. The van der Waals surface area contributed by atoms with E-state index in [-0.39, 0.29) is 15.8 Å². The van der Waals surface area contributed by atoms with Gasteiger partial charge in [0.2, 0.25) is 5.91 Å². The lowest BCUT2D eigenvalue weighted by atomic mass is 10.1. The molecule has 0 saturated carbocycles. The van der Waals surface area contributed by atoms with E-state index in [9.17, 15) is 13.2 Å². The molecule has 0 aromatic heterocycles. The van der Waals surface area contributed by atoms with E-state index in [4.69, 9.17) is 5.73 Å². The largest absolute Gasteiger partial charge is 0.369 e. The van der Waals surface area contributed by atoms with Crippen LogP contribution in [0.25, 0.3) is 0 Å². The maximum atomic E-state index is 12.1. The summed E-state index contributed by atoms with van der Waals surface area (Å²) in [6.07, 6.45) is 0. The Kier molecular flexibility index (Phi) is 3.55. The average Bonchev–Trinajstić information content (AvgIpc) is 2.23. The van der Waals surface area contributed by atoms with Crippen molar-refractivity contribution in [2.75, 3.05) is 11.1 Å². The highest BCUT2D eigenvalue weighted by molar-refractivity contribution is 8.15. The number of carbonyl (C=O) groups is 1. The molecular formula is C11H13N3O3S2. The van der Waals surface area contributed by atoms with Crippen LogP contribution in [0.1, 0.15) is 11.1 Å². The third kappa shape index (κ3) is 2.90. The summed E-state index contributed by atoms with van der Waals surface area (Å²) in [5, 5.41) is 3.08. The number of primary amides is 1. The Morgan fingerprint density at radius 3 is 2.74 bits per heavy atom. The summed E-state index contributed by atoms with van der Waals surface area (Å²) in [5.41, 5.74) is 7.10. The number of sulfonamides is 1. The van der Waals surface area contributed by atoms with Gasteiger partial charge < -0.3 is 11.1 Å². The van der Waals surface area contributed by atoms with E-state index >= 15 is 0 Å². The van der Waals surface area contributed by atoms with Gasteiger partial charge >= 0.3 is 0 Å². The number of thioether (sulfide) groups is 1. The van der Waals surface area contributed by atoms with E-state index in [0.717, 1.165) is 17.3 Å².